The van der Waals surface area contributed by atoms with E-state index in [1.54, 1.807) is 13.0 Å². The summed E-state index contributed by atoms with van der Waals surface area (Å²) in [5.74, 6) is -1.26. The van der Waals surface area contributed by atoms with Crippen molar-refractivity contribution in [2.24, 2.45) is 0 Å². The zero-order chi connectivity index (χ0) is 22.6. The van der Waals surface area contributed by atoms with Crippen molar-refractivity contribution in [3.63, 3.8) is 0 Å². The molecule has 0 heterocycles. The molecule has 0 unspecified atom stereocenters. The Bertz CT molecular complexity index is 1040. The number of hydrogen-bond acceptors (Lipinski definition) is 8. The van der Waals surface area contributed by atoms with Gasteiger partial charge in [-0.25, -0.2) is 0 Å². The first-order valence-corrected chi connectivity index (χ1v) is 8.76. The van der Waals surface area contributed by atoms with Gasteiger partial charge < -0.3 is 9.29 Å². The normalized spacial score (nSPS) is 11.2. The molecule has 0 fully saturated rings. The summed E-state index contributed by atoms with van der Waals surface area (Å²) >= 11 is 0. The van der Waals surface area contributed by atoms with Crippen LogP contribution in [-0.2, 0) is 10.1 Å². The van der Waals surface area contributed by atoms with E-state index < -0.39 is 36.9 Å². The monoisotopic (exact) mass is 438 g/mol. The Hall–Kier alpha value is -3.42. The number of hydrogen-bond donors (Lipinski definition) is 1. The molecule has 1 N–H and O–H groups in total. The predicted molar refractivity (Wildman–Crippen MR) is 92.9 cm³/mol. The average Bonchev–Trinajstić information content (AvgIpc) is 2.53. The van der Waals surface area contributed by atoms with Crippen LogP contribution in [0.15, 0.2) is 36.4 Å². The minimum Gasteiger partial charge on any atom is -0.502 e. The lowest BCUT2D eigenvalue weighted by Gasteiger charge is -2.09. The van der Waals surface area contributed by atoms with E-state index in [0.717, 1.165) is 17.7 Å². The van der Waals surface area contributed by atoms with Crippen molar-refractivity contribution in [2.75, 3.05) is 0 Å². The van der Waals surface area contributed by atoms with E-state index in [4.69, 9.17) is 5.11 Å². The van der Waals surface area contributed by atoms with Crippen molar-refractivity contribution in [1.82, 2.24) is 0 Å². The number of alkyl halides is 3. The van der Waals surface area contributed by atoms with Crippen LogP contribution >= 0.6 is 0 Å². The Morgan fingerprint density at radius 3 is 1.79 bits per heavy atom. The number of benzene rings is 2. The molecule has 0 radical (unpaired) electrons. The number of aromatic hydroxyl groups is 1. The first kappa shape index (κ1) is 23.6. The van der Waals surface area contributed by atoms with Gasteiger partial charge >= 0.3 is 27.0 Å². The fraction of sp³-hybridized carbons (Fsp3) is 0.200. The van der Waals surface area contributed by atoms with Gasteiger partial charge in [0.05, 0.1) is 9.85 Å². The fourth-order valence-corrected chi connectivity index (χ4v) is 2.26. The van der Waals surface area contributed by atoms with Crippen LogP contribution in [0, 0.1) is 34.1 Å². The van der Waals surface area contributed by atoms with E-state index in [2.05, 4.69) is 4.18 Å². The van der Waals surface area contributed by atoms with Crippen molar-refractivity contribution in [2.45, 2.75) is 19.4 Å². The fourth-order valence-electron chi connectivity index (χ4n) is 1.79. The number of rotatable bonds is 4. The number of phenols is 1. The van der Waals surface area contributed by atoms with Crippen LogP contribution in [0.2, 0.25) is 0 Å². The molecule has 14 heteroatoms. The highest BCUT2D eigenvalue weighted by molar-refractivity contribution is 7.88. The molecule has 2 aromatic carbocycles. The first-order chi connectivity index (χ1) is 13.2. The second-order valence-corrected chi connectivity index (χ2v) is 7.00. The summed E-state index contributed by atoms with van der Waals surface area (Å²) in [6, 6.07) is 7.16. The Kier molecular flexibility index (Phi) is 7.11. The summed E-state index contributed by atoms with van der Waals surface area (Å²) in [5.41, 5.74) is -5.66. The van der Waals surface area contributed by atoms with Crippen molar-refractivity contribution in [3.05, 3.63) is 67.8 Å². The van der Waals surface area contributed by atoms with Gasteiger partial charge in [-0.3, -0.25) is 20.2 Å². The predicted octanol–water partition coefficient (Wildman–Crippen LogP) is 3.74. The van der Waals surface area contributed by atoms with Crippen LogP contribution in [0.3, 0.4) is 0 Å². The van der Waals surface area contributed by atoms with Crippen molar-refractivity contribution < 1.29 is 40.7 Å². The SMILES string of the molecule is Cc1ccc([N+](=O)[O-])c(O)c1.Cc1ccc([N+](=O)[O-])c(OS(=O)(=O)C(F)(F)F)c1. The van der Waals surface area contributed by atoms with E-state index >= 15 is 0 Å². The quantitative estimate of drug-likeness (QED) is 0.328. The molecule has 0 amide bonds. The molecule has 158 valence electrons. The molecular weight excluding hydrogens is 425 g/mol. The molecule has 0 saturated carbocycles. The summed E-state index contributed by atoms with van der Waals surface area (Å²) < 4.78 is 61.4. The lowest BCUT2D eigenvalue weighted by Crippen LogP contribution is -2.28. The van der Waals surface area contributed by atoms with Gasteiger partial charge in [-0.05, 0) is 37.1 Å². The Morgan fingerprint density at radius 1 is 0.931 bits per heavy atom. The van der Waals surface area contributed by atoms with E-state index in [1.807, 2.05) is 0 Å². The zero-order valence-corrected chi connectivity index (χ0v) is 15.5. The number of nitro benzene ring substituents is 2. The van der Waals surface area contributed by atoms with E-state index in [9.17, 15) is 41.8 Å². The number of nitrogens with zero attached hydrogens (tertiary/aromatic N) is 2. The third-order valence-corrected chi connectivity index (χ3v) is 4.09. The van der Waals surface area contributed by atoms with Gasteiger partial charge in [0.25, 0.3) is 0 Å². The maximum absolute atomic E-state index is 12.1. The summed E-state index contributed by atoms with van der Waals surface area (Å²) in [6.07, 6.45) is 0. The number of aryl methyl sites for hydroxylation is 2. The minimum atomic E-state index is -5.93. The molecule has 0 spiro atoms. The van der Waals surface area contributed by atoms with Gasteiger partial charge in [0.2, 0.25) is 5.75 Å². The zero-order valence-electron chi connectivity index (χ0n) is 14.7. The summed E-state index contributed by atoms with van der Waals surface area (Å²) in [6.45, 7) is 3.17. The lowest BCUT2D eigenvalue weighted by atomic mass is 10.2. The molecule has 2 rings (SSSR count). The van der Waals surface area contributed by atoms with E-state index in [0.29, 0.717) is 5.56 Å². The summed E-state index contributed by atoms with van der Waals surface area (Å²) in [5, 5.41) is 29.7. The van der Waals surface area contributed by atoms with Gasteiger partial charge in [-0.15, -0.1) is 0 Å². The molecule has 0 bridgehead atoms. The molecule has 0 aliphatic carbocycles. The number of halogens is 3. The van der Waals surface area contributed by atoms with Crippen LogP contribution < -0.4 is 4.18 Å². The smallest absolute Gasteiger partial charge is 0.502 e. The number of phenolic OH excluding ortho intramolecular Hbond substituents is 1. The molecule has 0 aliphatic rings. The largest absolute Gasteiger partial charge is 0.534 e. The van der Waals surface area contributed by atoms with Crippen LogP contribution in [0.25, 0.3) is 0 Å². The maximum Gasteiger partial charge on any atom is 0.534 e. The minimum absolute atomic E-state index is 0.254. The third kappa shape index (κ3) is 6.31. The van der Waals surface area contributed by atoms with Crippen LogP contribution in [0.1, 0.15) is 11.1 Å². The van der Waals surface area contributed by atoms with Gasteiger partial charge in [0.15, 0.2) is 5.75 Å². The second kappa shape index (κ2) is 8.72. The van der Waals surface area contributed by atoms with Crippen molar-refractivity contribution >= 4 is 21.5 Å². The van der Waals surface area contributed by atoms with Crippen LogP contribution in [0.4, 0.5) is 24.5 Å². The molecule has 0 atom stereocenters. The molecule has 0 aliphatic heterocycles. The van der Waals surface area contributed by atoms with Gasteiger partial charge in [0, 0.05) is 12.1 Å². The standard InChI is InChI=1S/C8H6F3NO5S.C7H7NO3/c1-5-2-3-6(12(13)14)7(4-5)17-18(15,16)8(9,10)11;1-5-2-3-6(8(10)11)7(9)4-5/h2-4H,1H3;2-4,9H,1H3. The third-order valence-electron chi connectivity index (χ3n) is 3.12. The molecule has 0 saturated heterocycles. The maximum atomic E-state index is 12.1. The van der Waals surface area contributed by atoms with Crippen molar-refractivity contribution in [3.8, 4) is 11.5 Å². The average molecular weight is 438 g/mol. The Labute approximate surface area is 161 Å². The van der Waals surface area contributed by atoms with E-state index in [-0.39, 0.29) is 11.4 Å². The molecule has 2 aromatic rings. The second-order valence-electron chi connectivity index (χ2n) is 5.46. The van der Waals surface area contributed by atoms with Crippen LogP contribution in [-0.4, -0.2) is 28.9 Å². The topological polar surface area (TPSA) is 150 Å². The van der Waals surface area contributed by atoms with Crippen LogP contribution in [0.5, 0.6) is 11.5 Å². The highest BCUT2D eigenvalue weighted by Gasteiger charge is 2.49. The Balaban J connectivity index is 0.000000326. The lowest BCUT2D eigenvalue weighted by molar-refractivity contribution is -0.385. The molecule has 0 aromatic heterocycles. The summed E-state index contributed by atoms with van der Waals surface area (Å²) in [7, 11) is -5.93. The molecule has 10 nitrogen and oxygen atoms in total. The molecular formula is C15H13F3N2O8S. The van der Waals surface area contributed by atoms with Gasteiger partial charge in [-0.1, -0.05) is 12.1 Å². The van der Waals surface area contributed by atoms with Gasteiger partial charge in [-0.2, -0.15) is 21.6 Å². The first-order valence-electron chi connectivity index (χ1n) is 7.35. The Morgan fingerprint density at radius 2 is 1.38 bits per heavy atom. The van der Waals surface area contributed by atoms with Gasteiger partial charge in [0.1, 0.15) is 0 Å². The highest BCUT2D eigenvalue weighted by atomic mass is 32.2. The van der Waals surface area contributed by atoms with Crippen molar-refractivity contribution in [1.29, 1.82) is 0 Å². The number of nitro groups is 2. The molecule has 29 heavy (non-hydrogen) atoms. The highest BCUT2D eigenvalue weighted by Crippen LogP contribution is 2.33. The van der Waals surface area contributed by atoms with E-state index in [1.165, 1.54) is 25.1 Å². The summed E-state index contributed by atoms with van der Waals surface area (Å²) in [4.78, 5) is 19.0.